The first kappa shape index (κ1) is 13.5. The number of hydrogen-bond donors (Lipinski definition) is 2. The summed E-state index contributed by atoms with van der Waals surface area (Å²) in [5.41, 5.74) is 0.319. The molecule has 0 saturated carbocycles. The highest BCUT2D eigenvalue weighted by Crippen LogP contribution is 2.27. The van der Waals surface area contributed by atoms with Gasteiger partial charge in [-0.05, 0) is 44.9 Å². The second kappa shape index (κ2) is 4.97. The number of nitrogens with one attached hydrogen (secondary N) is 2. The normalized spacial score (nSPS) is 22.2. The number of carbonyl (C=O) groups is 1. The van der Waals surface area contributed by atoms with Crippen molar-refractivity contribution in [2.45, 2.75) is 32.2 Å². The minimum absolute atomic E-state index is 0.0741. The van der Waals surface area contributed by atoms with Crippen molar-refractivity contribution in [1.29, 1.82) is 0 Å². The molecule has 0 radical (unpaired) electrons. The first-order valence-electron chi connectivity index (χ1n) is 6.24. The van der Waals surface area contributed by atoms with Gasteiger partial charge in [0.05, 0.1) is 10.5 Å². The summed E-state index contributed by atoms with van der Waals surface area (Å²) in [7, 11) is 0. The Balaban J connectivity index is 2.23. The Morgan fingerprint density at radius 1 is 1.53 bits per heavy atom. The van der Waals surface area contributed by atoms with E-state index in [0.29, 0.717) is 0 Å². The summed E-state index contributed by atoms with van der Waals surface area (Å²) in [6.07, 6.45) is 1.67. The maximum absolute atomic E-state index is 12.2. The monoisotopic (exact) mass is 263 g/mol. The van der Waals surface area contributed by atoms with Gasteiger partial charge in [0.25, 0.3) is 5.69 Å². The van der Waals surface area contributed by atoms with Gasteiger partial charge in [-0.1, -0.05) is 6.07 Å². The minimum atomic E-state index is -0.640. The molecule has 19 heavy (non-hydrogen) atoms. The molecule has 1 heterocycles. The topological polar surface area (TPSA) is 84.3 Å². The van der Waals surface area contributed by atoms with Crippen molar-refractivity contribution in [2.75, 3.05) is 11.9 Å². The molecule has 1 aromatic carbocycles. The molecular formula is C13H17N3O3. The van der Waals surface area contributed by atoms with Crippen LogP contribution in [0.1, 0.15) is 25.3 Å². The Kier molecular flexibility index (Phi) is 3.53. The number of amides is 1. The minimum Gasteiger partial charge on any atom is -0.319 e. The van der Waals surface area contributed by atoms with Crippen molar-refractivity contribution in [3.63, 3.8) is 0 Å². The van der Waals surface area contributed by atoms with Crippen LogP contribution in [-0.2, 0) is 4.79 Å². The highest BCUT2D eigenvalue weighted by Gasteiger charge is 2.36. The molecule has 1 fully saturated rings. The molecule has 2 rings (SSSR count). The quantitative estimate of drug-likeness (QED) is 0.645. The summed E-state index contributed by atoms with van der Waals surface area (Å²) in [4.78, 5) is 22.7. The maximum Gasteiger partial charge on any atom is 0.293 e. The van der Waals surface area contributed by atoms with E-state index in [0.717, 1.165) is 24.9 Å². The summed E-state index contributed by atoms with van der Waals surface area (Å²) in [5, 5.41) is 16.8. The highest BCUT2D eigenvalue weighted by atomic mass is 16.6. The van der Waals surface area contributed by atoms with Crippen LogP contribution in [0, 0.1) is 17.0 Å². The summed E-state index contributed by atoms with van der Waals surface area (Å²) < 4.78 is 0. The van der Waals surface area contributed by atoms with Crippen LogP contribution in [0.3, 0.4) is 0 Å². The first-order valence-corrected chi connectivity index (χ1v) is 6.24. The Morgan fingerprint density at radius 2 is 2.26 bits per heavy atom. The molecule has 0 spiro atoms. The van der Waals surface area contributed by atoms with Crippen LogP contribution in [0.5, 0.6) is 0 Å². The summed E-state index contributed by atoms with van der Waals surface area (Å²) in [5.74, 6) is -0.225. The number of nitro groups is 1. The summed E-state index contributed by atoms with van der Waals surface area (Å²) in [6, 6.07) is 4.77. The van der Waals surface area contributed by atoms with Crippen LogP contribution in [0.25, 0.3) is 0 Å². The molecule has 6 heteroatoms. The third kappa shape index (κ3) is 2.73. The second-order valence-electron chi connectivity index (χ2n) is 5.09. The zero-order valence-electron chi connectivity index (χ0n) is 11.0. The van der Waals surface area contributed by atoms with Crippen LogP contribution >= 0.6 is 0 Å². The van der Waals surface area contributed by atoms with E-state index < -0.39 is 10.5 Å². The van der Waals surface area contributed by atoms with Crippen molar-refractivity contribution in [2.24, 2.45) is 0 Å². The van der Waals surface area contributed by atoms with Gasteiger partial charge in [-0.2, -0.15) is 0 Å². The smallest absolute Gasteiger partial charge is 0.293 e. The summed E-state index contributed by atoms with van der Waals surface area (Å²) in [6.45, 7) is 4.38. The van der Waals surface area contributed by atoms with Crippen molar-refractivity contribution in [1.82, 2.24) is 5.32 Å². The molecule has 2 N–H and O–H groups in total. The molecule has 102 valence electrons. The van der Waals surface area contributed by atoms with Crippen molar-refractivity contribution >= 4 is 17.3 Å². The van der Waals surface area contributed by atoms with Crippen LogP contribution < -0.4 is 10.6 Å². The number of carbonyl (C=O) groups excluding carboxylic acids is 1. The third-order valence-electron chi connectivity index (χ3n) is 3.47. The fourth-order valence-electron chi connectivity index (χ4n) is 2.25. The van der Waals surface area contributed by atoms with Gasteiger partial charge in [-0.3, -0.25) is 14.9 Å². The second-order valence-corrected chi connectivity index (χ2v) is 5.09. The lowest BCUT2D eigenvalue weighted by molar-refractivity contribution is -0.384. The fourth-order valence-corrected chi connectivity index (χ4v) is 2.25. The van der Waals surface area contributed by atoms with Crippen molar-refractivity contribution in [3.05, 3.63) is 33.9 Å². The van der Waals surface area contributed by atoms with E-state index in [9.17, 15) is 14.9 Å². The summed E-state index contributed by atoms with van der Waals surface area (Å²) >= 11 is 0. The predicted molar refractivity (Wildman–Crippen MR) is 72.1 cm³/mol. The molecule has 0 aliphatic carbocycles. The van der Waals surface area contributed by atoms with E-state index in [-0.39, 0.29) is 17.3 Å². The van der Waals surface area contributed by atoms with E-state index in [4.69, 9.17) is 0 Å². The molecule has 1 amide bonds. The molecule has 0 aromatic heterocycles. The van der Waals surface area contributed by atoms with Gasteiger partial charge in [0.2, 0.25) is 5.91 Å². The first-order chi connectivity index (χ1) is 8.92. The standard InChI is InChI=1S/C13H17N3O3/c1-9-4-5-10(11(8-9)16(18)19)15-12(17)13(2)6-3-7-14-13/h4-5,8,14H,3,6-7H2,1-2H3,(H,15,17). The van der Waals surface area contributed by atoms with Gasteiger partial charge in [-0.15, -0.1) is 0 Å². The Morgan fingerprint density at radius 3 is 2.84 bits per heavy atom. The Bertz CT molecular complexity index is 522. The average Bonchev–Trinajstić information content (AvgIpc) is 2.79. The van der Waals surface area contributed by atoms with Gasteiger partial charge >= 0.3 is 0 Å². The van der Waals surface area contributed by atoms with Crippen molar-refractivity contribution in [3.8, 4) is 0 Å². The number of rotatable bonds is 3. The molecule has 1 unspecified atom stereocenters. The van der Waals surface area contributed by atoms with Crippen LogP contribution in [-0.4, -0.2) is 22.9 Å². The number of aryl methyl sites for hydroxylation is 1. The zero-order chi connectivity index (χ0) is 14.0. The molecule has 1 saturated heterocycles. The fraction of sp³-hybridized carbons (Fsp3) is 0.462. The van der Waals surface area contributed by atoms with E-state index in [1.165, 1.54) is 6.07 Å². The number of benzene rings is 1. The van der Waals surface area contributed by atoms with Gasteiger partial charge in [0, 0.05) is 6.07 Å². The molecule has 0 bridgehead atoms. The van der Waals surface area contributed by atoms with Crippen LogP contribution in [0.15, 0.2) is 18.2 Å². The van der Waals surface area contributed by atoms with Gasteiger partial charge in [0.15, 0.2) is 0 Å². The Labute approximate surface area is 111 Å². The lowest BCUT2D eigenvalue weighted by Gasteiger charge is -2.22. The van der Waals surface area contributed by atoms with Crippen molar-refractivity contribution < 1.29 is 9.72 Å². The predicted octanol–water partition coefficient (Wildman–Crippen LogP) is 1.98. The van der Waals surface area contributed by atoms with E-state index >= 15 is 0 Å². The van der Waals surface area contributed by atoms with E-state index in [1.54, 1.807) is 19.1 Å². The molecule has 1 aliphatic rings. The lowest BCUT2D eigenvalue weighted by Crippen LogP contribution is -2.48. The lowest BCUT2D eigenvalue weighted by atomic mass is 9.99. The van der Waals surface area contributed by atoms with Gasteiger partial charge in [-0.25, -0.2) is 0 Å². The van der Waals surface area contributed by atoms with E-state index in [2.05, 4.69) is 10.6 Å². The average molecular weight is 263 g/mol. The zero-order valence-corrected chi connectivity index (χ0v) is 11.0. The SMILES string of the molecule is Cc1ccc(NC(=O)C2(C)CCCN2)c([N+](=O)[O-])c1. The number of nitro benzene ring substituents is 1. The largest absolute Gasteiger partial charge is 0.319 e. The molecule has 1 aliphatic heterocycles. The number of nitrogens with zero attached hydrogens (tertiary/aromatic N) is 1. The third-order valence-corrected chi connectivity index (χ3v) is 3.47. The Hall–Kier alpha value is -1.95. The van der Waals surface area contributed by atoms with E-state index in [1.807, 2.05) is 6.92 Å². The maximum atomic E-state index is 12.2. The molecular weight excluding hydrogens is 246 g/mol. The number of hydrogen-bond acceptors (Lipinski definition) is 4. The van der Waals surface area contributed by atoms with Crippen LogP contribution in [0.2, 0.25) is 0 Å². The number of anilines is 1. The highest BCUT2D eigenvalue weighted by molar-refractivity contribution is 5.99. The molecule has 1 atom stereocenters. The van der Waals surface area contributed by atoms with Gasteiger partial charge in [0.1, 0.15) is 5.69 Å². The molecule has 1 aromatic rings. The van der Waals surface area contributed by atoms with Crippen LogP contribution in [0.4, 0.5) is 11.4 Å². The van der Waals surface area contributed by atoms with Gasteiger partial charge < -0.3 is 10.6 Å². The molecule has 6 nitrogen and oxygen atoms in total.